The van der Waals surface area contributed by atoms with Gasteiger partial charge in [0.15, 0.2) is 0 Å². The van der Waals surface area contributed by atoms with Crippen LogP contribution in [-0.2, 0) is 4.79 Å². The molecule has 3 rings (SSSR count). The first-order valence-corrected chi connectivity index (χ1v) is 8.46. The van der Waals surface area contributed by atoms with E-state index in [1.54, 1.807) is 12.7 Å². The summed E-state index contributed by atoms with van der Waals surface area (Å²) in [4.78, 5) is 18.4. The van der Waals surface area contributed by atoms with Gasteiger partial charge in [-0.25, -0.2) is 9.67 Å². The number of aromatic nitrogens is 3. The van der Waals surface area contributed by atoms with Crippen molar-refractivity contribution in [2.24, 2.45) is 0 Å². The van der Waals surface area contributed by atoms with Crippen LogP contribution in [0.1, 0.15) is 36.4 Å². The van der Waals surface area contributed by atoms with Crippen molar-refractivity contribution in [1.82, 2.24) is 19.7 Å². The molecule has 6 nitrogen and oxygen atoms in total. The van der Waals surface area contributed by atoms with E-state index in [9.17, 15) is 4.79 Å². The lowest BCUT2D eigenvalue weighted by molar-refractivity contribution is -0.133. The van der Waals surface area contributed by atoms with Gasteiger partial charge in [0.1, 0.15) is 18.4 Å². The smallest absolute Gasteiger partial charge is 0.226 e. The summed E-state index contributed by atoms with van der Waals surface area (Å²) in [5.74, 6) is 1.01. The number of nitrogens with zero attached hydrogens (tertiary/aromatic N) is 4. The van der Waals surface area contributed by atoms with Crippen molar-refractivity contribution in [2.45, 2.75) is 39.2 Å². The van der Waals surface area contributed by atoms with Crippen LogP contribution in [0.25, 0.3) is 0 Å². The molecule has 0 aliphatic carbocycles. The molecule has 2 aromatic rings. The first kappa shape index (κ1) is 16.5. The van der Waals surface area contributed by atoms with Gasteiger partial charge in [-0.1, -0.05) is 12.1 Å². The van der Waals surface area contributed by atoms with Crippen LogP contribution in [0.4, 0.5) is 0 Å². The van der Waals surface area contributed by atoms with Crippen molar-refractivity contribution in [1.29, 1.82) is 0 Å². The van der Waals surface area contributed by atoms with Crippen molar-refractivity contribution in [3.63, 3.8) is 0 Å². The summed E-state index contributed by atoms with van der Waals surface area (Å²) >= 11 is 0. The number of carbonyl (C=O) groups excluding carboxylic acids is 1. The Bertz CT molecular complexity index is 684. The molecule has 1 atom stereocenters. The first-order valence-electron chi connectivity index (χ1n) is 8.46. The largest absolute Gasteiger partial charge is 0.493 e. The highest BCUT2D eigenvalue weighted by Gasteiger charge is 2.25. The quantitative estimate of drug-likeness (QED) is 0.846. The zero-order chi connectivity index (χ0) is 16.9. The number of carbonyl (C=O) groups is 1. The summed E-state index contributed by atoms with van der Waals surface area (Å²) in [5, 5.41) is 4.20. The van der Waals surface area contributed by atoms with Crippen LogP contribution in [0.15, 0.2) is 30.9 Å². The first-order chi connectivity index (χ1) is 11.6. The highest BCUT2D eigenvalue weighted by molar-refractivity contribution is 5.76. The molecule has 128 valence electrons. The fraction of sp³-hybridized carbons (Fsp3) is 0.500. The van der Waals surface area contributed by atoms with Crippen molar-refractivity contribution in [2.75, 3.05) is 19.7 Å². The van der Waals surface area contributed by atoms with Gasteiger partial charge in [-0.2, -0.15) is 5.10 Å². The lowest BCUT2D eigenvalue weighted by Crippen LogP contribution is -2.41. The van der Waals surface area contributed by atoms with Gasteiger partial charge in [0, 0.05) is 13.1 Å². The molecular formula is C18H24N4O2. The summed E-state index contributed by atoms with van der Waals surface area (Å²) in [7, 11) is 0. The van der Waals surface area contributed by atoms with Gasteiger partial charge in [0.25, 0.3) is 0 Å². The number of piperidine rings is 1. The Morgan fingerprint density at radius 3 is 3.04 bits per heavy atom. The molecule has 1 aliphatic heterocycles. The molecular weight excluding hydrogens is 304 g/mol. The predicted molar refractivity (Wildman–Crippen MR) is 90.9 cm³/mol. The highest BCUT2D eigenvalue weighted by Crippen LogP contribution is 2.22. The van der Waals surface area contributed by atoms with Crippen molar-refractivity contribution in [3.05, 3.63) is 42.0 Å². The third-order valence-electron chi connectivity index (χ3n) is 4.69. The molecule has 6 heteroatoms. The van der Waals surface area contributed by atoms with Crippen LogP contribution in [0.2, 0.25) is 0 Å². The van der Waals surface area contributed by atoms with E-state index < -0.39 is 0 Å². The Labute approximate surface area is 142 Å². The average molecular weight is 328 g/mol. The van der Waals surface area contributed by atoms with Gasteiger partial charge < -0.3 is 9.64 Å². The zero-order valence-corrected chi connectivity index (χ0v) is 14.3. The van der Waals surface area contributed by atoms with E-state index in [0.717, 1.165) is 30.7 Å². The van der Waals surface area contributed by atoms with E-state index >= 15 is 0 Å². The van der Waals surface area contributed by atoms with Crippen molar-refractivity contribution >= 4 is 5.91 Å². The number of amides is 1. The molecule has 1 fully saturated rings. The summed E-state index contributed by atoms with van der Waals surface area (Å²) in [6, 6.07) is 6.22. The highest BCUT2D eigenvalue weighted by atomic mass is 16.5. The average Bonchev–Trinajstić information content (AvgIpc) is 3.13. The Morgan fingerprint density at radius 2 is 2.25 bits per heavy atom. The molecule has 1 aliphatic rings. The summed E-state index contributed by atoms with van der Waals surface area (Å²) in [6.45, 7) is 6.03. The fourth-order valence-electron chi connectivity index (χ4n) is 3.09. The van der Waals surface area contributed by atoms with Crippen LogP contribution in [-0.4, -0.2) is 45.3 Å². The third kappa shape index (κ3) is 3.75. The molecule has 0 radical (unpaired) electrons. The van der Waals surface area contributed by atoms with E-state index in [-0.39, 0.29) is 11.9 Å². The van der Waals surface area contributed by atoms with E-state index in [0.29, 0.717) is 19.6 Å². The van der Waals surface area contributed by atoms with E-state index in [4.69, 9.17) is 4.74 Å². The number of aryl methyl sites for hydroxylation is 1. The van der Waals surface area contributed by atoms with Gasteiger partial charge in [0.05, 0.1) is 19.1 Å². The van der Waals surface area contributed by atoms with Crippen molar-refractivity contribution < 1.29 is 9.53 Å². The normalized spacial score (nSPS) is 17.8. The Kier molecular flexibility index (Phi) is 5.13. The number of rotatable bonds is 5. The lowest BCUT2D eigenvalue weighted by atomic mass is 10.1. The van der Waals surface area contributed by atoms with Gasteiger partial charge in [0.2, 0.25) is 5.91 Å². The third-order valence-corrected chi connectivity index (χ3v) is 4.69. The van der Waals surface area contributed by atoms with Gasteiger partial charge in [-0.05, 0) is 43.9 Å². The minimum atomic E-state index is 0.144. The molecule has 2 heterocycles. The molecule has 1 aromatic heterocycles. The summed E-state index contributed by atoms with van der Waals surface area (Å²) < 4.78 is 7.66. The Hall–Kier alpha value is -2.37. The minimum Gasteiger partial charge on any atom is -0.493 e. The van der Waals surface area contributed by atoms with E-state index in [1.165, 1.54) is 5.56 Å². The zero-order valence-electron chi connectivity index (χ0n) is 14.3. The van der Waals surface area contributed by atoms with E-state index in [1.807, 2.05) is 28.6 Å². The van der Waals surface area contributed by atoms with Gasteiger partial charge >= 0.3 is 0 Å². The molecule has 0 spiro atoms. The van der Waals surface area contributed by atoms with Gasteiger partial charge in [-0.15, -0.1) is 0 Å². The summed E-state index contributed by atoms with van der Waals surface area (Å²) in [6.07, 6.45) is 5.69. The fourth-order valence-corrected chi connectivity index (χ4v) is 3.09. The number of likely N-dealkylation sites (tertiary alicyclic amines) is 1. The second-order valence-electron chi connectivity index (χ2n) is 6.31. The summed E-state index contributed by atoms with van der Waals surface area (Å²) in [5.41, 5.74) is 2.33. The number of ether oxygens (including phenoxy) is 1. The standard InChI is InChI=1S/C18H24N4O2/c1-14-5-3-7-17(15(14)2)24-10-8-18(23)21-9-4-6-16(11-21)22-13-19-12-20-22/h3,5,7,12-13,16H,4,6,8-11H2,1-2H3. The molecule has 0 N–H and O–H groups in total. The van der Waals surface area contributed by atoms with Crippen LogP contribution >= 0.6 is 0 Å². The van der Waals surface area contributed by atoms with Crippen LogP contribution in [0.3, 0.4) is 0 Å². The Morgan fingerprint density at radius 1 is 1.38 bits per heavy atom. The molecule has 1 saturated heterocycles. The monoisotopic (exact) mass is 328 g/mol. The Balaban J connectivity index is 1.50. The van der Waals surface area contributed by atoms with Gasteiger partial charge in [-0.3, -0.25) is 4.79 Å². The number of benzene rings is 1. The topological polar surface area (TPSA) is 60.2 Å². The van der Waals surface area contributed by atoms with E-state index in [2.05, 4.69) is 23.1 Å². The maximum absolute atomic E-state index is 12.5. The van der Waals surface area contributed by atoms with Crippen molar-refractivity contribution in [3.8, 4) is 5.75 Å². The van der Waals surface area contributed by atoms with Crippen LogP contribution in [0.5, 0.6) is 5.75 Å². The molecule has 24 heavy (non-hydrogen) atoms. The maximum Gasteiger partial charge on any atom is 0.226 e. The second-order valence-corrected chi connectivity index (χ2v) is 6.31. The molecule has 0 saturated carbocycles. The predicted octanol–water partition coefficient (Wildman–Crippen LogP) is 2.53. The maximum atomic E-state index is 12.5. The SMILES string of the molecule is Cc1cccc(OCCC(=O)N2CCCC(n3cncn3)C2)c1C. The lowest BCUT2D eigenvalue weighted by Gasteiger charge is -2.32. The minimum absolute atomic E-state index is 0.144. The molecule has 1 aromatic carbocycles. The number of hydrogen-bond acceptors (Lipinski definition) is 4. The number of hydrogen-bond donors (Lipinski definition) is 0. The second kappa shape index (κ2) is 7.47. The molecule has 0 bridgehead atoms. The van der Waals surface area contributed by atoms with Crippen LogP contribution < -0.4 is 4.74 Å². The molecule has 1 unspecified atom stereocenters. The van der Waals surface area contributed by atoms with Crippen LogP contribution in [0, 0.1) is 13.8 Å². The molecule has 1 amide bonds.